The van der Waals surface area contributed by atoms with Crippen LogP contribution in [0.25, 0.3) is 5.69 Å². The fourth-order valence-electron chi connectivity index (χ4n) is 2.24. The van der Waals surface area contributed by atoms with Crippen molar-refractivity contribution in [3.63, 3.8) is 0 Å². The number of nitrogens with zero attached hydrogens (tertiary/aromatic N) is 2. The molecule has 0 saturated carbocycles. The highest BCUT2D eigenvalue weighted by Crippen LogP contribution is 2.24. The average molecular weight is 388 g/mol. The van der Waals surface area contributed by atoms with E-state index >= 15 is 0 Å². The number of carbonyl (C=O) groups is 1. The number of rotatable bonds is 5. The first-order valence-corrected chi connectivity index (χ1v) is 9.89. The largest absolute Gasteiger partial charge is 0.325 e. The van der Waals surface area contributed by atoms with Crippen LogP contribution in [0.4, 0.5) is 5.69 Å². The molecule has 1 N–H and O–H groups in total. The molecule has 0 aliphatic heterocycles. The van der Waals surface area contributed by atoms with Gasteiger partial charge in [0.15, 0.2) is 8.29 Å². The van der Waals surface area contributed by atoms with E-state index in [2.05, 4.69) is 10.4 Å². The molecule has 0 aliphatic carbocycles. The molecule has 1 amide bonds. The summed E-state index contributed by atoms with van der Waals surface area (Å²) in [5.74, 6) is 0.246. The fourth-order valence-corrected chi connectivity index (χ4v) is 4.40. The van der Waals surface area contributed by atoms with Gasteiger partial charge in [0.1, 0.15) is 0 Å². The SMILES string of the molecule is Cc1ccc(C)c(NC(=O)CSc2nn(-c3ccccc3)c(=S)s2)c1. The third-order valence-electron chi connectivity index (χ3n) is 3.52. The summed E-state index contributed by atoms with van der Waals surface area (Å²) in [4.78, 5) is 12.2. The summed E-state index contributed by atoms with van der Waals surface area (Å²) in [7, 11) is 0. The number of anilines is 1. The second kappa shape index (κ2) is 7.95. The molecule has 3 rings (SSSR count). The first-order chi connectivity index (χ1) is 12.0. The molecular formula is C18H17N3OS3. The molecule has 4 nitrogen and oxygen atoms in total. The van der Waals surface area contributed by atoms with Crippen molar-refractivity contribution in [3.8, 4) is 5.69 Å². The van der Waals surface area contributed by atoms with E-state index < -0.39 is 0 Å². The Hall–Kier alpha value is -1.96. The van der Waals surface area contributed by atoms with Crippen molar-refractivity contribution in [1.29, 1.82) is 0 Å². The van der Waals surface area contributed by atoms with Crippen molar-refractivity contribution >= 4 is 46.9 Å². The summed E-state index contributed by atoms with van der Waals surface area (Å²) in [6.07, 6.45) is 0. The molecule has 25 heavy (non-hydrogen) atoms. The van der Waals surface area contributed by atoms with E-state index in [0.717, 1.165) is 26.8 Å². The molecule has 0 atom stereocenters. The molecule has 0 saturated heterocycles. The van der Waals surface area contributed by atoms with Crippen LogP contribution in [0.2, 0.25) is 0 Å². The normalized spacial score (nSPS) is 10.6. The number of nitrogens with one attached hydrogen (secondary N) is 1. The third kappa shape index (κ3) is 4.56. The predicted octanol–water partition coefficient (Wildman–Crippen LogP) is 5.01. The van der Waals surface area contributed by atoms with Gasteiger partial charge in [0.05, 0.1) is 11.4 Å². The minimum atomic E-state index is -0.0499. The lowest BCUT2D eigenvalue weighted by Crippen LogP contribution is -2.14. The molecule has 0 spiro atoms. The van der Waals surface area contributed by atoms with Crippen LogP contribution in [-0.2, 0) is 4.79 Å². The summed E-state index contributed by atoms with van der Waals surface area (Å²) in [6, 6.07) is 15.8. The molecule has 128 valence electrons. The van der Waals surface area contributed by atoms with E-state index in [-0.39, 0.29) is 5.91 Å². The molecule has 0 aliphatic rings. The van der Waals surface area contributed by atoms with Gasteiger partial charge < -0.3 is 5.32 Å². The average Bonchev–Trinajstić information content (AvgIpc) is 2.98. The number of aryl methyl sites for hydroxylation is 2. The van der Waals surface area contributed by atoms with Crippen molar-refractivity contribution in [2.75, 3.05) is 11.1 Å². The Morgan fingerprint density at radius 3 is 2.76 bits per heavy atom. The van der Waals surface area contributed by atoms with E-state index in [9.17, 15) is 4.79 Å². The number of amides is 1. The zero-order chi connectivity index (χ0) is 17.8. The summed E-state index contributed by atoms with van der Waals surface area (Å²) < 4.78 is 3.18. The number of carbonyl (C=O) groups excluding carboxylic acids is 1. The molecule has 0 bridgehead atoms. The maximum atomic E-state index is 12.2. The lowest BCUT2D eigenvalue weighted by atomic mass is 10.1. The lowest BCUT2D eigenvalue weighted by Gasteiger charge is -2.08. The van der Waals surface area contributed by atoms with E-state index in [1.54, 1.807) is 4.68 Å². The Morgan fingerprint density at radius 1 is 1.24 bits per heavy atom. The van der Waals surface area contributed by atoms with Crippen LogP contribution >= 0.6 is 35.3 Å². The molecule has 1 heterocycles. The number of thioether (sulfide) groups is 1. The first-order valence-electron chi connectivity index (χ1n) is 7.68. The third-order valence-corrected chi connectivity index (χ3v) is 5.89. The summed E-state index contributed by atoms with van der Waals surface area (Å²) in [5, 5.41) is 7.46. The molecule has 0 radical (unpaired) electrons. The highest BCUT2D eigenvalue weighted by atomic mass is 32.2. The number of benzene rings is 2. The van der Waals surface area contributed by atoms with Gasteiger partial charge in [-0.3, -0.25) is 4.79 Å². The zero-order valence-electron chi connectivity index (χ0n) is 13.9. The summed E-state index contributed by atoms with van der Waals surface area (Å²) >= 11 is 8.18. The van der Waals surface area contributed by atoms with Crippen molar-refractivity contribution in [1.82, 2.24) is 9.78 Å². The van der Waals surface area contributed by atoms with E-state index in [0.29, 0.717) is 9.71 Å². The molecule has 1 aromatic heterocycles. The van der Waals surface area contributed by atoms with Gasteiger partial charge in [-0.15, -0.1) is 5.10 Å². The summed E-state index contributed by atoms with van der Waals surface area (Å²) in [5.41, 5.74) is 3.95. The van der Waals surface area contributed by atoms with Crippen LogP contribution in [0.5, 0.6) is 0 Å². The maximum Gasteiger partial charge on any atom is 0.234 e. The number of para-hydroxylation sites is 1. The minimum Gasteiger partial charge on any atom is -0.325 e. The van der Waals surface area contributed by atoms with Crippen molar-refractivity contribution in [3.05, 3.63) is 63.6 Å². The Morgan fingerprint density at radius 2 is 2.00 bits per heavy atom. The van der Waals surface area contributed by atoms with Crippen LogP contribution in [-0.4, -0.2) is 21.4 Å². The van der Waals surface area contributed by atoms with Crippen molar-refractivity contribution in [2.24, 2.45) is 0 Å². The standard InChI is InChI=1S/C18H17N3OS3/c1-12-8-9-13(2)15(10-12)19-16(22)11-24-17-20-21(18(23)25-17)14-6-4-3-5-7-14/h3-10H,11H2,1-2H3,(H,19,22). The lowest BCUT2D eigenvalue weighted by molar-refractivity contribution is -0.113. The van der Waals surface area contributed by atoms with Gasteiger partial charge in [-0.2, -0.15) is 0 Å². The zero-order valence-corrected chi connectivity index (χ0v) is 16.3. The van der Waals surface area contributed by atoms with Gasteiger partial charge in [0.25, 0.3) is 0 Å². The van der Waals surface area contributed by atoms with Crippen LogP contribution in [0.1, 0.15) is 11.1 Å². The van der Waals surface area contributed by atoms with E-state index in [1.807, 2.05) is 62.4 Å². The van der Waals surface area contributed by atoms with Crippen LogP contribution in [0.15, 0.2) is 52.9 Å². The number of hydrogen-bond acceptors (Lipinski definition) is 5. The topological polar surface area (TPSA) is 46.9 Å². The van der Waals surface area contributed by atoms with Gasteiger partial charge in [-0.1, -0.05) is 53.4 Å². The van der Waals surface area contributed by atoms with Crippen molar-refractivity contribution in [2.45, 2.75) is 18.2 Å². The van der Waals surface area contributed by atoms with Gasteiger partial charge in [0.2, 0.25) is 5.91 Å². The Labute approximate surface area is 159 Å². The highest BCUT2D eigenvalue weighted by Gasteiger charge is 2.10. The smallest absolute Gasteiger partial charge is 0.234 e. The Balaban J connectivity index is 1.65. The van der Waals surface area contributed by atoms with Crippen LogP contribution < -0.4 is 5.32 Å². The summed E-state index contributed by atoms with van der Waals surface area (Å²) in [6.45, 7) is 3.99. The van der Waals surface area contributed by atoms with Crippen molar-refractivity contribution < 1.29 is 4.79 Å². The number of hydrogen-bond donors (Lipinski definition) is 1. The Bertz CT molecular complexity index is 948. The van der Waals surface area contributed by atoms with Gasteiger partial charge in [-0.25, -0.2) is 4.68 Å². The van der Waals surface area contributed by atoms with Crippen LogP contribution in [0.3, 0.4) is 0 Å². The maximum absolute atomic E-state index is 12.2. The molecule has 0 fully saturated rings. The Kier molecular flexibility index (Phi) is 5.67. The molecule has 7 heteroatoms. The highest BCUT2D eigenvalue weighted by molar-refractivity contribution is 8.01. The van der Waals surface area contributed by atoms with Gasteiger partial charge in [-0.05, 0) is 55.4 Å². The van der Waals surface area contributed by atoms with Gasteiger partial charge >= 0.3 is 0 Å². The monoisotopic (exact) mass is 387 g/mol. The number of aromatic nitrogens is 2. The van der Waals surface area contributed by atoms with Gasteiger partial charge in [0, 0.05) is 5.69 Å². The minimum absolute atomic E-state index is 0.0499. The van der Waals surface area contributed by atoms with E-state index in [1.165, 1.54) is 23.1 Å². The molecule has 0 unspecified atom stereocenters. The quantitative estimate of drug-likeness (QED) is 0.494. The first kappa shape index (κ1) is 17.8. The molecule has 2 aromatic carbocycles. The predicted molar refractivity (Wildman–Crippen MR) is 108 cm³/mol. The molecular weight excluding hydrogens is 370 g/mol. The molecule has 3 aromatic rings. The van der Waals surface area contributed by atoms with E-state index in [4.69, 9.17) is 12.2 Å². The second-order valence-electron chi connectivity index (χ2n) is 5.54. The van der Waals surface area contributed by atoms with Crippen LogP contribution in [0, 0.1) is 17.8 Å². The second-order valence-corrected chi connectivity index (χ2v) is 8.38. The fraction of sp³-hybridized carbons (Fsp3) is 0.167.